The molecule has 160 valence electrons. The fourth-order valence-corrected chi connectivity index (χ4v) is 3.89. The van der Waals surface area contributed by atoms with E-state index in [0.717, 1.165) is 24.3 Å². The first-order chi connectivity index (χ1) is 15.1. The molecule has 1 saturated heterocycles. The Kier molecular flexibility index (Phi) is 6.62. The van der Waals surface area contributed by atoms with Crippen LogP contribution in [0.3, 0.4) is 0 Å². The highest BCUT2D eigenvalue weighted by Crippen LogP contribution is 2.21. The second kappa shape index (κ2) is 9.75. The molecule has 0 N–H and O–H groups in total. The Bertz CT molecular complexity index is 1090. The van der Waals surface area contributed by atoms with Crippen molar-refractivity contribution in [3.8, 4) is 11.3 Å². The molecule has 1 aliphatic rings. The van der Waals surface area contributed by atoms with E-state index in [-0.39, 0.29) is 11.5 Å². The number of carbonyl (C=O) groups excluding carboxylic acids is 1. The lowest BCUT2D eigenvalue weighted by molar-refractivity contribution is -0.131. The summed E-state index contributed by atoms with van der Waals surface area (Å²) in [4.78, 5) is 33.0. The monoisotopic (exact) mass is 437 g/mol. The predicted octanol–water partition coefficient (Wildman–Crippen LogP) is 3.09. The van der Waals surface area contributed by atoms with Crippen LogP contribution in [0.25, 0.3) is 11.3 Å². The molecule has 0 saturated carbocycles. The Balaban J connectivity index is 1.29. The van der Waals surface area contributed by atoms with Gasteiger partial charge in [0.25, 0.3) is 5.56 Å². The number of carbonyl (C=O) groups is 1. The van der Waals surface area contributed by atoms with Gasteiger partial charge in [0, 0.05) is 73.9 Å². The van der Waals surface area contributed by atoms with E-state index >= 15 is 0 Å². The van der Waals surface area contributed by atoms with E-state index in [9.17, 15) is 9.59 Å². The lowest BCUT2D eigenvalue weighted by Crippen LogP contribution is -2.48. The summed E-state index contributed by atoms with van der Waals surface area (Å²) in [6.07, 6.45) is 4.36. The van der Waals surface area contributed by atoms with Crippen LogP contribution in [-0.2, 0) is 11.3 Å². The lowest BCUT2D eigenvalue weighted by Gasteiger charge is -2.36. The minimum absolute atomic E-state index is 0.113. The summed E-state index contributed by atoms with van der Waals surface area (Å²) in [6.45, 7) is 3.32. The molecule has 0 unspecified atom stereocenters. The Hall–Kier alpha value is -3.19. The highest BCUT2D eigenvalue weighted by molar-refractivity contribution is 6.30. The number of aromatic nitrogens is 3. The van der Waals surface area contributed by atoms with Crippen LogP contribution in [-0.4, -0.2) is 51.8 Å². The quantitative estimate of drug-likeness (QED) is 0.592. The van der Waals surface area contributed by atoms with Crippen molar-refractivity contribution in [2.24, 2.45) is 0 Å². The van der Waals surface area contributed by atoms with Gasteiger partial charge in [-0.25, -0.2) is 4.68 Å². The second-order valence-corrected chi connectivity index (χ2v) is 7.91. The molecule has 0 radical (unpaired) electrons. The standard InChI is InChI=1S/C23H24ClN5O2/c24-19-5-1-6-20(16-19)27-12-14-28(15-13-27)22(30)7-3-11-29-23(31)9-8-21(26-29)18-4-2-10-25-17-18/h1-2,4-6,8-10,16-17H,3,7,11-15H2. The van der Waals surface area contributed by atoms with Gasteiger partial charge in [-0.05, 0) is 42.8 Å². The van der Waals surface area contributed by atoms with Crippen molar-refractivity contribution in [3.63, 3.8) is 0 Å². The fraction of sp³-hybridized carbons (Fsp3) is 0.304. The Labute approximate surface area is 185 Å². The van der Waals surface area contributed by atoms with E-state index < -0.39 is 0 Å². The third-order valence-corrected chi connectivity index (χ3v) is 5.63. The molecule has 1 fully saturated rings. The van der Waals surface area contributed by atoms with Crippen molar-refractivity contribution in [1.82, 2.24) is 19.7 Å². The number of halogens is 1. The van der Waals surface area contributed by atoms with E-state index in [2.05, 4.69) is 15.0 Å². The fourth-order valence-electron chi connectivity index (χ4n) is 3.70. The average molecular weight is 438 g/mol. The molecule has 1 aromatic carbocycles. The number of aryl methyl sites for hydroxylation is 1. The second-order valence-electron chi connectivity index (χ2n) is 7.47. The van der Waals surface area contributed by atoms with Gasteiger partial charge in [0.15, 0.2) is 0 Å². The number of rotatable bonds is 6. The molecule has 3 aromatic rings. The van der Waals surface area contributed by atoms with Crippen LogP contribution in [0, 0.1) is 0 Å². The largest absolute Gasteiger partial charge is 0.368 e. The molecule has 1 amide bonds. The third kappa shape index (κ3) is 5.30. The van der Waals surface area contributed by atoms with Gasteiger partial charge >= 0.3 is 0 Å². The normalized spacial score (nSPS) is 14.0. The highest BCUT2D eigenvalue weighted by atomic mass is 35.5. The first kappa shape index (κ1) is 21.1. The van der Waals surface area contributed by atoms with Gasteiger partial charge in [0.2, 0.25) is 5.91 Å². The first-order valence-electron chi connectivity index (χ1n) is 10.4. The zero-order valence-electron chi connectivity index (χ0n) is 17.2. The summed E-state index contributed by atoms with van der Waals surface area (Å²) in [5, 5.41) is 5.14. The number of hydrogen-bond donors (Lipinski definition) is 0. The van der Waals surface area contributed by atoms with E-state index in [1.165, 1.54) is 10.7 Å². The van der Waals surface area contributed by atoms with Crippen molar-refractivity contribution in [2.45, 2.75) is 19.4 Å². The molecular formula is C23H24ClN5O2. The van der Waals surface area contributed by atoms with Crippen LogP contribution in [0.5, 0.6) is 0 Å². The van der Waals surface area contributed by atoms with Crippen molar-refractivity contribution in [1.29, 1.82) is 0 Å². The van der Waals surface area contributed by atoms with Gasteiger partial charge in [-0.3, -0.25) is 14.6 Å². The Morgan fingerprint density at radius 2 is 1.87 bits per heavy atom. The topological polar surface area (TPSA) is 71.3 Å². The summed E-state index contributed by atoms with van der Waals surface area (Å²) in [5.41, 5.74) is 2.45. The third-order valence-electron chi connectivity index (χ3n) is 5.39. The first-order valence-corrected chi connectivity index (χ1v) is 10.7. The van der Waals surface area contributed by atoms with E-state index in [4.69, 9.17) is 11.6 Å². The zero-order chi connectivity index (χ0) is 21.6. The van der Waals surface area contributed by atoms with Crippen LogP contribution in [0.4, 0.5) is 5.69 Å². The smallest absolute Gasteiger partial charge is 0.266 e. The summed E-state index contributed by atoms with van der Waals surface area (Å²) in [5.74, 6) is 0.113. The average Bonchev–Trinajstić information content (AvgIpc) is 2.81. The molecule has 3 heterocycles. The van der Waals surface area contributed by atoms with Gasteiger partial charge in [0.1, 0.15) is 0 Å². The van der Waals surface area contributed by atoms with Crippen molar-refractivity contribution in [3.05, 3.63) is 76.3 Å². The Morgan fingerprint density at radius 3 is 2.61 bits per heavy atom. The van der Waals surface area contributed by atoms with Gasteiger partial charge in [-0.1, -0.05) is 17.7 Å². The maximum Gasteiger partial charge on any atom is 0.266 e. The summed E-state index contributed by atoms with van der Waals surface area (Å²) in [7, 11) is 0. The summed E-state index contributed by atoms with van der Waals surface area (Å²) >= 11 is 6.08. The Morgan fingerprint density at radius 1 is 1.03 bits per heavy atom. The maximum absolute atomic E-state index is 12.6. The number of piperazine rings is 1. The maximum atomic E-state index is 12.6. The van der Waals surface area contributed by atoms with Crippen LogP contribution in [0.2, 0.25) is 5.02 Å². The van der Waals surface area contributed by atoms with Crippen LogP contribution in [0.1, 0.15) is 12.8 Å². The van der Waals surface area contributed by atoms with Gasteiger partial charge in [-0.2, -0.15) is 5.10 Å². The summed E-state index contributed by atoms with van der Waals surface area (Å²) < 4.78 is 1.42. The SMILES string of the molecule is O=C(CCCn1nc(-c2cccnc2)ccc1=O)N1CCN(c2cccc(Cl)c2)CC1. The molecule has 0 bridgehead atoms. The van der Waals surface area contributed by atoms with Crippen molar-refractivity contribution in [2.75, 3.05) is 31.1 Å². The predicted molar refractivity (Wildman–Crippen MR) is 121 cm³/mol. The van der Waals surface area contributed by atoms with E-state index in [1.807, 2.05) is 41.3 Å². The zero-order valence-corrected chi connectivity index (χ0v) is 17.9. The van der Waals surface area contributed by atoms with Gasteiger partial charge in [-0.15, -0.1) is 0 Å². The van der Waals surface area contributed by atoms with E-state index in [1.54, 1.807) is 18.5 Å². The van der Waals surface area contributed by atoms with Crippen molar-refractivity contribution < 1.29 is 4.79 Å². The van der Waals surface area contributed by atoms with Gasteiger partial charge < -0.3 is 9.80 Å². The molecule has 1 aliphatic heterocycles. The summed E-state index contributed by atoms with van der Waals surface area (Å²) in [6, 6.07) is 14.7. The molecule has 2 aromatic heterocycles. The number of nitrogens with zero attached hydrogens (tertiary/aromatic N) is 5. The molecular weight excluding hydrogens is 414 g/mol. The number of benzene rings is 1. The van der Waals surface area contributed by atoms with E-state index in [0.29, 0.717) is 43.2 Å². The molecule has 0 spiro atoms. The molecule has 7 nitrogen and oxygen atoms in total. The number of hydrogen-bond acceptors (Lipinski definition) is 5. The number of anilines is 1. The molecule has 4 rings (SSSR count). The minimum atomic E-state index is -0.171. The van der Waals surface area contributed by atoms with Crippen LogP contribution in [0.15, 0.2) is 65.7 Å². The molecule has 8 heteroatoms. The number of amides is 1. The van der Waals surface area contributed by atoms with Gasteiger partial charge in [0.05, 0.1) is 5.69 Å². The minimum Gasteiger partial charge on any atom is -0.368 e. The molecule has 31 heavy (non-hydrogen) atoms. The van der Waals surface area contributed by atoms with Crippen molar-refractivity contribution >= 4 is 23.2 Å². The number of pyridine rings is 1. The lowest BCUT2D eigenvalue weighted by atomic mass is 10.2. The molecule has 0 aliphatic carbocycles. The van der Waals surface area contributed by atoms with Crippen LogP contribution < -0.4 is 10.5 Å². The molecule has 0 atom stereocenters. The highest BCUT2D eigenvalue weighted by Gasteiger charge is 2.21. The van der Waals surface area contributed by atoms with Crippen LogP contribution >= 0.6 is 11.6 Å².